The van der Waals surface area contributed by atoms with E-state index in [0.717, 1.165) is 11.0 Å². The molecule has 1 aromatic heterocycles. The fourth-order valence-electron chi connectivity index (χ4n) is 1.63. The van der Waals surface area contributed by atoms with Gasteiger partial charge in [-0.15, -0.1) is 0 Å². The highest BCUT2D eigenvalue weighted by atomic mass is 35.5. The van der Waals surface area contributed by atoms with Gasteiger partial charge in [-0.2, -0.15) is 0 Å². The Labute approximate surface area is 90.7 Å². The number of aromatic nitrogens is 2. The van der Waals surface area contributed by atoms with Crippen molar-refractivity contribution >= 4 is 28.9 Å². The lowest BCUT2D eigenvalue weighted by Crippen LogP contribution is -2.22. The van der Waals surface area contributed by atoms with Gasteiger partial charge in [-0.1, -0.05) is 11.6 Å². The minimum Gasteiger partial charge on any atom is -0.301 e. The smallest absolute Gasteiger partial charge is 0.301 e. The standard InChI is InChI=1S/C10H9ClN2O2/c1-12-9-6-7(11)2-3-8(9)13(4-5-14)10(12)15/h2-3,5-6H,4H2,1H3. The van der Waals surface area contributed by atoms with Crippen LogP contribution >= 0.6 is 11.6 Å². The molecule has 1 aromatic carbocycles. The summed E-state index contributed by atoms with van der Waals surface area (Å²) >= 11 is 5.84. The Morgan fingerprint density at radius 1 is 1.40 bits per heavy atom. The van der Waals surface area contributed by atoms with Crippen molar-refractivity contribution in [1.82, 2.24) is 9.13 Å². The van der Waals surface area contributed by atoms with Crippen LogP contribution in [0.5, 0.6) is 0 Å². The molecule has 0 unspecified atom stereocenters. The molecular weight excluding hydrogens is 216 g/mol. The number of rotatable bonds is 2. The molecule has 0 atom stereocenters. The van der Waals surface area contributed by atoms with Crippen molar-refractivity contribution in [3.8, 4) is 0 Å². The van der Waals surface area contributed by atoms with Gasteiger partial charge < -0.3 is 4.79 Å². The van der Waals surface area contributed by atoms with E-state index >= 15 is 0 Å². The van der Waals surface area contributed by atoms with Crippen LogP contribution in [0.2, 0.25) is 5.02 Å². The Morgan fingerprint density at radius 2 is 2.13 bits per heavy atom. The van der Waals surface area contributed by atoms with Gasteiger partial charge >= 0.3 is 5.69 Å². The van der Waals surface area contributed by atoms with Gasteiger partial charge in [-0.3, -0.25) is 9.13 Å². The fraction of sp³-hybridized carbons (Fsp3) is 0.200. The van der Waals surface area contributed by atoms with Crippen LogP contribution in [-0.2, 0) is 18.4 Å². The first-order chi connectivity index (χ1) is 7.15. The van der Waals surface area contributed by atoms with Crippen LogP contribution < -0.4 is 5.69 Å². The van der Waals surface area contributed by atoms with E-state index in [4.69, 9.17) is 11.6 Å². The number of hydrogen-bond acceptors (Lipinski definition) is 2. The fourth-order valence-corrected chi connectivity index (χ4v) is 1.80. The highest BCUT2D eigenvalue weighted by Crippen LogP contribution is 2.17. The van der Waals surface area contributed by atoms with E-state index in [9.17, 15) is 9.59 Å². The Bertz CT molecular complexity index is 583. The van der Waals surface area contributed by atoms with Crippen LogP contribution in [0.1, 0.15) is 0 Å². The zero-order chi connectivity index (χ0) is 11.0. The van der Waals surface area contributed by atoms with Crippen LogP contribution in [0.15, 0.2) is 23.0 Å². The first-order valence-corrected chi connectivity index (χ1v) is 4.81. The number of imidazole rings is 1. The van der Waals surface area contributed by atoms with E-state index in [2.05, 4.69) is 0 Å². The minimum absolute atomic E-state index is 0.0673. The molecule has 4 nitrogen and oxygen atoms in total. The molecule has 0 saturated carbocycles. The lowest BCUT2D eigenvalue weighted by molar-refractivity contribution is -0.108. The molecular formula is C10H9ClN2O2. The molecule has 0 bridgehead atoms. The van der Waals surface area contributed by atoms with Crippen molar-refractivity contribution in [1.29, 1.82) is 0 Å². The SMILES string of the molecule is Cn1c(=O)n(CC=O)c2ccc(Cl)cc21. The summed E-state index contributed by atoms with van der Waals surface area (Å²) < 4.78 is 2.89. The Kier molecular flexibility index (Phi) is 2.36. The molecule has 0 aliphatic heterocycles. The Hall–Kier alpha value is -1.55. The monoisotopic (exact) mass is 224 g/mol. The van der Waals surface area contributed by atoms with Crippen molar-refractivity contribution in [2.75, 3.05) is 0 Å². The first kappa shape index (κ1) is 9.98. The molecule has 0 fully saturated rings. The molecule has 0 spiro atoms. The van der Waals surface area contributed by atoms with Gasteiger partial charge in [-0.05, 0) is 18.2 Å². The normalized spacial score (nSPS) is 10.8. The number of carbonyl (C=O) groups is 1. The summed E-state index contributed by atoms with van der Waals surface area (Å²) in [6.07, 6.45) is 0.704. The van der Waals surface area contributed by atoms with E-state index < -0.39 is 0 Å². The molecule has 0 N–H and O–H groups in total. The second-order valence-corrected chi connectivity index (χ2v) is 3.69. The lowest BCUT2D eigenvalue weighted by atomic mass is 10.3. The van der Waals surface area contributed by atoms with Gasteiger partial charge in [-0.25, -0.2) is 4.79 Å². The minimum atomic E-state index is -0.209. The predicted octanol–water partition coefficient (Wildman–Crippen LogP) is 1.19. The topological polar surface area (TPSA) is 44.0 Å². The van der Waals surface area contributed by atoms with E-state index in [1.165, 1.54) is 9.13 Å². The summed E-state index contributed by atoms with van der Waals surface area (Å²) in [5.74, 6) is 0. The average Bonchev–Trinajstić information content (AvgIpc) is 2.44. The number of fused-ring (bicyclic) bond motifs is 1. The molecule has 78 valence electrons. The first-order valence-electron chi connectivity index (χ1n) is 4.43. The third-order valence-corrected chi connectivity index (χ3v) is 2.60. The maximum atomic E-state index is 11.7. The van der Waals surface area contributed by atoms with Gasteiger partial charge in [0, 0.05) is 12.1 Å². The number of aryl methyl sites for hydroxylation is 1. The zero-order valence-corrected chi connectivity index (χ0v) is 8.86. The summed E-state index contributed by atoms with van der Waals surface area (Å²) in [5, 5.41) is 0.571. The highest BCUT2D eigenvalue weighted by molar-refractivity contribution is 6.31. The number of aldehydes is 1. The number of halogens is 1. The predicted molar refractivity (Wildman–Crippen MR) is 58.3 cm³/mol. The van der Waals surface area contributed by atoms with Crippen molar-refractivity contribution < 1.29 is 4.79 Å². The maximum Gasteiger partial charge on any atom is 0.329 e. The van der Waals surface area contributed by atoms with Crippen LogP contribution in [0.4, 0.5) is 0 Å². The molecule has 0 saturated heterocycles. The average molecular weight is 225 g/mol. The number of benzene rings is 1. The quantitative estimate of drug-likeness (QED) is 0.720. The summed E-state index contributed by atoms with van der Waals surface area (Å²) in [6.45, 7) is 0.0673. The van der Waals surface area contributed by atoms with Crippen molar-refractivity contribution in [2.45, 2.75) is 6.54 Å². The van der Waals surface area contributed by atoms with E-state index in [1.54, 1.807) is 25.2 Å². The van der Waals surface area contributed by atoms with Crippen LogP contribution in [0.3, 0.4) is 0 Å². The van der Waals surface area contributed by atoms with Crippen LogP contribution in [-0.4, -0.2) is 15.4 Å². The largest absolute Gasteiger partial charge is 0.329 e. The Balaban J connectivity index is 2.87. The van der Waals surface area contributed by atoms with E-state index in [-0.39, 0.29) is 12.2 Å². The molecule has 2 rings (SSSR count). The lowest BCUT2D eigenvalue weighted by Gasteiger charge is -1.96. The highest BCUT2D eigenvalue weighted by Gasteiger charge is 2.09. The number of hydrogen-bond donors (Lipinski definition) is 0. The van der Waals surface area contributed by atoms with Gasteiger partial charge in [0.05, 0.1) is 17.6 Å². The molecule has 2 aromatic rings. The van der Waals surface area contributed by atoms with Crippen LogP contribution in [0, 0.1) is 0 Å². The zero-order valence-electron chi connectivity index (χ0n) is 8.11. The van der Waals surface area contributed by atoms with Gasteiger partial charge in [0.25, 0.3) is 0 Å². The molecule has 0 radical (unpaired) electrons. The molecule has 15 heavy (non-hydrogen) atoms. The van der Waals surface area contributed by atoms with Gasteiger partial charge in [0.15, 0.2) is 0 Å². The molecule has 0 aliphatic carbocycles. The molecule has 1 heterocycles. The van der Waals surface area contributed by atoms with Crippen molar-refractivity contribution in [3.05, 3.63) is 33.7 Å². The summed E-state index contributed by atoms with van der Waals surface area (Å²) in [4.78, 5) is 22.2. The van der Waals surface area contributed by atoms with Crippen LogP contribution in [0.25, 0.3) is 11.0 Å². The summed E-state index contributed by atoms with van der Waals surface area (Å²) in [7, 11) is 1.66. The molecule has 0 aliphatic rings. The van der Waals surface area contributed by atoms with E-state index in [0.29, 0.717) is 11.3 Å². The van der Waals surface area contributed by atoms with Gasteiger partial charge in [0.2, 0.25) is 0 Å². The third-order valence-electron chi connectivity index (χ3n) is 2.36. The number of carbonyl (C=O) groups excluding carboxylic acids is 1. The second-order valence-electron chi connectivity index (χ2n) is 3.25. The Morgan fingerprint density at radius 3 is 2.80 bits per heavy atom. The summed E-state index contributed by atoms with van der Waals surface area (Å²) in [6, 6.07) is 5.15. The molecule has 5 heteroatoms. The molecule has 0 amide bonds. The van der Waals surface area contributed by atoms with E-state index in [1.807, 2.05) is 0 Å². The van der Waals surface area contributed by atoms with Gasteiger partial charge in [0.1, 0.15) is 6.29 Å². The third kappa shape index (κ3) is 1.47. The number of nitrogens with zero attached hydrogens (tertiary/aromatic N) is 2. The van der Waals surface area contributed by atoms with Crippen molar-refractivity contribution in [3.63, 3.8) is 0 Å². The maximum absolute atomic E-state index is 11.7. The second kappa shape index (κ2) is 3.55. The summed E-state index contributed by atoms with van der Waals surface area (Å²) in [5.41, 5.74) is 1.24. The van der Waals surface area contributed by atoms with Crippen molar-refractivity contribution in [2.24, 2.45) is 7.05 Å².